The van der Waals surface area contributed by atoms with E-state index in [1.807, 2.05) is 0 Å². The van der Waals surface area contributed by atoms with Crippen LogP contribution in [-0.4, -0.2) is 24.3 Å². The van der Waals surface area contributed by atoms with Crippen LogP contribution in [0.4, 0.5) is 0 Å². The van der Waals surface area contributed by atoms with Gasteiger partial charge in [-0.3, -0.25) is 0 Å². The molecule has 0 atom stereocenters. The van der Waals surface area contributed by atoms with Crippen molar-refractivity contribution in [1.29, 1.82) is 0 Å². The Labute approximate surface area is 159 Å². The lowest BCUT2D eigenvalue weighted by Crippen LogP contribution is -2.44. The summed E-state index contributed by atoms with van der Waals surface area (Å²) >= 11 is 0. The fourth-order valence-corrected chi connectivity index (χ4v) is 3.67. The van der Waals surface area contributed by atoms with E-state index in [9.17, 15) is 0 Å². The van der Waals surface area contributed by atoms with Gasteiger partial charge in [-0.25, -0.2) is 0 Å². The number of nitrogens with one attached hydrogen (secondary N) is 1. The standard InChI is InChI=1S/C23H49NO/c1-7-10-12-14-16-18-23(6,19-17-15-13-11-8-2)24-21-20-22(4,5)25-9-3/h24H,7-21H2,1-6H3. The van der Waals surface area contributed by atoms with Gasteiger partial charge >= 0.3 is 0 Å². The molecular weight excluding hydrogens is 306 g/mol. The number of rotatable bonds is 18. The molecule has 0 bridgehead atoms. The maximum Gasteiger partial charge on any atom is 0.0638 e. The molecule has 0 aromatic carbocycles. The molecule has 0 rings (SSSR count). The molecule has 1 N–H and O–H groups in total. The molecule has 0 aromatic heterocycles. The van der Waals surface area contributed by atoms with E-state index in [1.165, 1.54) is 77.0 Å². The minimum Gasteiger partial charge on any atom is -0.376 e. The minimum absolute atomic E-state index is 0.00902. The fourth-order valence-electron chi connectivity index (χ4n) is 3.67. The van der Waals surface area contributed by atoms with Gasteiger partial charge in [0.1, 0.15) is 0 Å². The van der Waals surface area contributed by atoms with E-state index < -0.39 is 0 Å². The first kappa shape index (κ1) is 24.9. The van der Waals surface area contributed by atoms with Gasteiger partial charge in [-0.05, 0) is 53.5 Å². The summed E-state index contributed by atoms with van der Waals surface area (Å²) in [5.41, 5.74) is 0.297. The Morgan fingerprint density at radius 2 is 1.12 bits per heavy atom. The van der Waals surface area contributed by atoms with Gasteiger partial charge in [0, 0.05) is 12.1 Å². The third kappa shape index (κ3) is 14.7. The van der Waals surface area contributed by atoms with E-state index in [1.54, 1.807) is 0 Å². The minimum atomic E-state index is -0.00902. The maximum atomic E-state index is 5.85. The summed E-state index contributed by atoms with van der Waals surface area (Å²) in [4.78, 5) is 0. The molecule has 0 fully saturated rings. The lowest BCUT2D eigenvalue weighted by molar-refractivity contribution is -0.0169. The summed E-state index contributed by atoms with van der Waals surface area (Å²) in [5.74, 6) is 0. The van der Waals surface area contributed by atoms with Gasteiger partial charge in [0.15, 0.2) is 0 Å². The fraction of sp³-hybridized carbons (Fsp3) is 1.00. The van der Waals surface area contributed by atoms with Crippen LogP contribution in [0.2, 0.25) is 0 Å². The predicted molar refractivity (Wildman–Crippen MR) is 113 cm³/mol. The molecule has 0 aromatic rings. The number of hydrogen-bond acceptors (Lipinski definition) is 2. The lowest BCUT2D eigenvalue weighted by atomic mass is 9.87. The van der Waals surface area contributed by atoms with E-state index in [2.05, 4.69) is 46.9 Å². The largest absolute Gasteiger partial charge is 0.376 e. The van der Waals surface area contributed by atoms with Crippen LogP contribution >= 0.6 is 0 Å². The van der Waals surface area contributed by atoms with Gasteiger partial charge in [0.25, 0.3) is 0 Å². The summed E-state index contributed by atoms with van der Waals surface area (Å²) in [5, 5.41) is 3.91. The van der Waals surface area contributed by atoms with E-state index in [0.717, 1.165) is 19.6 Å². The Balaban J connectivity index is 4.29. The zero-order valence-corrected chi connectivity index (χ0v) is 18.5. The predicted octanol–water partition coefficient (Wildman–Crippen LogP) is 7.26. The van der Waals surface area contributed by atoms with E-state index in [0.29, 0.717) is 5.54 Å². The quantitative estimate of drug-likeness (QED) is 0.261. The molecule has 0 aliphatic heterocycles. The van der Waals surface area contributed by atoms with Crippen molar-refractivity contribution in [2.24, 2.45) is 0 Å². The van der Waals surface area contributed by atoms with Crippen molar-refractivity contribution < 1.29 is 4.74 Å². The highest BCUT2D eigenvalue weighted by molar-refractivity contribution is 4.84. The van der Waals surface area contributed by atoms with Gasteiger partial charge in [0.05, 0.1) is 5.60 Å². The van der Waals surface area contributed by atoms with Crippen LogP contribution in [0.3, 0.4) is 0 Å². The van der Waals surface area contributed by atoms with Crippen LogP contribution in [0.5, 0.6) is 0 Å². The lowest BCUT2D eigenvalue weighted by Gasteiger charge is -2.34. The zero-order chi connectivity index (χ0) is 19.0. The van der Waals surface area contributed by atoms with Crippen molar-refractivity contribution in [3.05, 3.63) is 0 Å². The SMILES string of the molecule is CCCCCCCC(C)(CCCCCCC)NCCC(C)(C)OCC. The van der Waals surface area contributed by atoms with Crippen LogP contribution in [-0.2, 0) is 4.74 Å². The van der Waals surface area contributed by atoms with Crippen molar-refractivity contribution in [3.63, 3.8) is 0 Å². The molecule has 2 nitrogen and oxygen atoms in total. The van der Waals surface area contributed by atoms with E-state index in [4.69, 9.17) is 4.74 Å². The molecule has 0 aliphatic carbocycles. The van der Waals surface area contributed by atoms with Crippen LogP contribution in [0.25, 0.3) is 0 Å². The first-order chi connectivity index (χ1) is 11.9. The monoisotopic (exact) mass is 355 g/mol. The second-order valence-electron chi connectivity index (χ2n) is 8.76. The molecule has 0 saturated heterocycles. The molecular formula is C23H49NO. The van der Waals surface area contributed by atoms with Gasteiger partial charge in [-0.2, -0.15) is 0 Å². The third-order valence-corrected chi connectivity index (χ3v) is 5.48. The Hall–Kier alpha value is -0.0800. The van der Waals surface area contributed by atoms with E-state index >= 15 is 0 Å². The highest BCUT2D eigenvalue weighted by atomic mass is 16.5. The summed E-state index contributed by atoms with van der Waals surface area (Å²) < 4.78 is 5.85. The highest BCUT2D eigenvalue weighted by Crippen LogP contribution is 2.24. The molecule has 25 heavy (non-hydrogen) atoms. The second-order valence-corrected chi connectivity index (χ2v) is 8.76. The van der Waals surface area contributed by atoms with Crippen molar-refractivity contribution in [1.82, 2.24) is 5.32 Å². The third-order valence-electron chi connectivity index (χ3n) is 5.48. The average Bonchev–Trinajstić information content (AvgIpc) is 2.54. The van der Waals surface area contributed by atoms with Gasteiger partial charge in [-0.1, -0.05) is 78.1 Å². The van der Waals surface area contributed by atoms with Crippen LogP contribution < -0.4 is 5.32 Å². The van der Waals surface area contributed by atoms with Crippen LogP contribution in [0, 0.1) is 0 Å². The normalized spacial score (nSPS) is 12.7. The molecule has 0 aliphatic rings. The number of unbranched alkanes of at least 4 members (excludes halogenated alkanes) is 8. The Morgan fingerprint density at radius 1 is 0.640 bits per heavy atom. The van der Waals surface area contributed by atoms with Gasteiger partial charge < -0.3 is 10.1 Å². The molecule has 0 saturated carbocycles. The van der Waals surface area contributed by atoms with Gasteiger partial charge in [-0.15, -0.1) is 0 Å². The topological polar surface area (TPSA) is 21.3 Å². The number of ether oxygens (including phenoxy) is 1. The second kappa shape index (κ2) is 15.0. The summed E-state index contributed by atoms with van der Waals surface area (Å²) in [6, 6.07) is 0. The molecule has 0 unspecified atom stereocenters. The molecule has 0 heterocycles. The highest BCUT2D eigenvalue weighted by Gasteiger charge is 2.24. The molecule has 2 heteroatoms. The van der Waals surface area contributed by atoms with Crippen molar-refractivity contribution in [2.45, 2.75) is 136 Å². The molecule has 0 amide bonds. The maximum absolute atomic E-state index is 5.85. The average molecular weight is 356 g/mol. The van der Waals surface area contributed by atoms with Gasteiger partial charge in [0.2, 0.25) is 0 Å². The van der Waals surface area contributed by atoms with Crippen molar-refractivity contribution in [2.75, 3.05) is 13.2 Å². The Kier molecular flexibility index (Phi) is 15.0. The van der Waals surface area contributed by atoms with Crippen molar-refractivity contribution in [3.8, 4) is 0 Å². The molecule has 0 spiro atoms. The van der Waals surface area contributed by atoms with Crippen LogP contribution in [0.1, 0.15) is 125 Å². The smallest absolute Gasteiger partial charge is 0.0638 e. The summed E-state index contributed by atoms with van der Waals surface area (Å²) in [6.45, 7) is 15.4. The summed E-state index contributed by atoms with van der Waals surface area (Å²) in [6.07, 6.45) is 17.5. The zero-order valence-electron chi connectivity index (χ0n) is 18.5. The van der Waals surface area contributed by atoms with Crippen LogP contribution in [0.15, 0.2) is 0 Å². The summed E-state index contributed by atoms with van der Waals surface area (Å²) in [7, 11) is 0. The Morgan fingerprint density at radius 3 is 1.56 bits per heavy atom. The Bertz CT molecular complexity index is 274. The van der Waals surface area contributed by atoms with E-state index in [-0.39, 0.29) is 5.60 Å². The molecule has 152 valence electrons. The first-order valence-electron chi connectivity index (χ1n) is 11.3. The van der Waals surface area contributed by atoms with Crippen molar-refractivity contribution >= 4 is 0 Å². The molecule has 0 radical (unpaired) electrons. The first-order valence-corrected chi connectivity index (χ1v) is 11.3. The number of hydrogen-bond donors (Lipinski definition) is 1.